The molecule has 0 aliphatic heterocycles. The van der Waals surface area contributed by atoms with Crippen LogP contribution in [0.4, 0.5) is 0 Å². The van der Waals surface area contributed by atoms with Gasteiger partial charge in [-0.25, -0.2) is 14.6 Å². The Morgan fingerprint density at radius 1 is 0.833 bits per heavy atom. The average molecular weight is 315 g/mol. The number of nitrogens with zero attached hydrogens (tertiary/aromatic N) is 5. The molecule has 0 amide bonds. The fraction of sp³-hybridized carbons (Fsp3) is 0. The summed E-state index contributed by atoms with van der Waals surface area (Å²) in [6, 6.07) is 21.0. The Morgan fingerprint density at radius 3 is 2.29 bits per heavy atom. The summed E-state index contributed by atoms with van der Waals surface area (Å²) in [6.07, 6.45) is 3.05. The van der Waals surface area contributed by atoms with Gasteiger partial charge >= 0.3 is 0 Å². The second kappa shape index (κ2) is 6.29. The molecular weight excluding hydrogens is 302 g/mol. The maximum atomic E-state index is 5.87. The zero-order valence-electron chi connectivity index (χ0n) is 12.6. The van der Waals surface area contributed by atoms with Crippen molar-refractivity contribution in [2.45, 2.75) is 0 Å². The summed E-state index contributed by atoms with van der Waals surface area (Å²) in [6.45, 7) is 0. The SMILES string of the molecule is c1ccc(Oc2cc(-n3cncn3)nc(-c3ccccc3)n2)cc1. The lowest BCUT2D eigenvalue weighted by Crippen LogP contribution is -2.02. The van der Waals surface area contributed by atoms with Crippen LogP contribution in [0.2, 0.25) is 0 Å². The van der Waals surface area contributed by atoms with Crippen LogP contribution >= 0.6 is 0 Å². The second-order valence-electron chi connectivity index (χ2n) is 5.01. The van der Waals surface area contributed by atoms with Gasteiger partial charge in [-0.1, -0.05) is 48.5 Å². The van der Waals surface area contributed by atoms with Crippen molar-refractivity contribution in [2.75, 3.05) is 0 Å². The van der Waals surface area contributed by atoms with E-state index < -0.39 is 0 Å². The maximum absolute atomic E-state index is 5.87. The molecule has 24 heavy (non-hydrogen) atoms. The van der Waals surface area contributed by atoms with Gasteiger partial charge in [0.15, 0.2) is 11.6 Å². The summed E-state index contributed by atoms with van der Waals surface area (Å²) in [7, 11) is 0. The molecule has 0 unspecified atom stereocenters. The summed E-state index contributed by atoms with van der Waals surface area (Å²) in [5.41, 5.74) is 0.900. The molecule has 0 atom stereocenters. The van der Waals surface area contributed by atoms with Crippen LogP contribution < -0.4 is 4.74 Å². The lowest BCUT2D eigenvalue weighted by Gasteiger charge is -2.09. The van der Waals surface area contributed by atoms with Gasteiger partial charge in [0.2, 0.25) is 5.88 Å². The van der Waals surface area contributed by atoms with Gasteiger partial charge in [-0.3, -0.25) is 0 Å². The second-order valence-corrected chi connectivity index (χ2v) is 5.01. The van der Waals surface area contributed by atoms with Gasteiger partial charge in [0.05, 0.1) is 0 Å². The summed E-state index contributed by atoms with van der Waals surface area (Å²) in [4.78, 5) is 13.0. The zero-order chi connectivity index (χ0) is 16.2. The van der Waals surface area contributed by atoms with Crippen molar-refractivity contribution in [3.8, 4) is 28.8 Å². The number of aromatic nitrogens is 5. The topological polar surface area (TPSA) is 65.7 Å². The first-order chi connectivity index (χ1) is 11.9. The number of rotatable bonds is 4. The molecule has 0 radical (unpaired) electrons. The fourth-order valence-electron chi connectivity index (χ4n) is 2.23. The highest BCUT2D eigenvalue weighted by molar-refractivity contribution is 5.56. The first-order valence-corrected chi connectivity index (χ1v) is 7.41. The van der Waals surface area contributed by atoms with Crippen molar-refractivity contribution in [3.63, 3.8) is 0 Å². The summed E-state index contributed by atoms with van der Waals surface area (Å²) in [5.74, 6) is 2.31. The van der Waals surface area contributed by atoms with Gasteiger partial charge in [-0.05, 0) is 12.1 Å². The van der Waals surface area contributed by atoms with E-state index in [4.69, 9.17) is 4.74 Å². The van der Waals surface area contributed by atoms with Gasteiger partial charge in [-0.15, -0.1) is 0 Å². The lowest BCUT2D eigenvalue weighted by atomic mass is 10.2. The van der Waals surface area contributed by atoms with E-state index in [1.54, 1.807) is 17.1 Å². The Morgan fingerprint density at radius 2 is 1.58 bits per heavy atom. The molecule has 2 aromatic heterocycles. The highest BCUT2D eigenvalue weighted by atomic mass is 16.5. The monoisotopic (exact) mass is 315 g/mol. The number of hydrogen-bond donors (Lipinski definition) is 0. The molecule has 0 saturated heterocycles. The Hall–Kier alpha value is -3.54. The molecule has 0 aliphatic rings. The van der Waals surface area contributed by atoms with Crippen LogP contribution in [0, 0.1) is 0 Å². The van der Waals surface area contributed by atoms with Crippen LogP contribution in [0.1, 0.15) is 0 Å². The number of hydrogen-bond acceptors (Lipinski definition) is 5. The van der Waals surface area contributed by atoms with Crippen LogP contribution in [0.5, 0.6) is 11.6 Å². The average Bonchev–Trinajstić information content (AvgIpc) is 3.18. The van der Waals surface area contributed by atoms with E-state index >= 15 is 0 Å². The third-order valence-corrected chi connectivity index (χ3v) is 3.34. The highest BCUT2D eigenvalue weighted by Crippen LogP contribution is 2.24. The van der Waals surface area contributed by atoms with Crippen molar-refractivity contribution in [1.29, 1.82) is 0 Å². The minimum Gasteiger partial charge on any atom is -0.439 e. The van der Waals surface area contributed by atoms with Crippen molar-refractivity contribution >= 4 is 0 Å². The normalized spacial score (nSPS) is 10.5. The van der Waals surface area contributed by atoms with Crippen molar-refractivity contribution in [2.24, 2.45) is 0 Å². The van der Waals surface area contributed by atoms with Gasteiger partial charge in [-0.2, -0.15) is 10.1 Å². The van der Waals surface area contributed by atoms with E-state index in [0.29, 0.717) is 23.3 Å². The van der Waals surface area contributed by atoms with Gasteiger partial charge in [0, 0.05) is 11.6 Å². The summed E-state index contributed by atoms with van der Waals surface area (Å²) < 4.78 is 7.44. The molecule has 0 N–H and O–H groups in total. The first kappa shape index (κ1) is 14.1. The third-order valence-electron chi connectivity index (χ3n) is 3.34. The molecule has 6 heteroatoms. The Kier molecular flexibility index (Phi) is 3.69. The molecule has 116 valence electrons. The fourth-order valence-corrected chi connectivity index (χ4v) is 2.23. The van der Waals surface area contributed by atoms with Crippen LogP contribution in [0.25, 0.3) is 17.2 Å². The smallest absolute Gasteiger partial charge is 0.225 e. The Labute approximate surface area is 138 Å². The van der Waals surface area contributed by atoms with E-state index in [-0.39, 0.29) is 0 Å². The van der Waals surface area contributed by atoms with E-state index in [9.17, 15) is 0 Å². The Bertz CT molecular complexity index is 924. The molecule has 6 nitrogen and oxygen atoms in total. The van der Waals surface area contributed by atoms with E-state index in [1.165, 1.54) is 6.33 Å². The minimum absolute atomic E-state index is 0.445. The molecule has 0 fully saturated rings. The van der Waals surface area contributed by atoms with Crippen LogP contribution in [0.3, 0.4) is 0 Å². The molecule has 2 aromatic carbocycles. The largest absolute Gasteiger partial charge is 0.439 e. The Balaban J connectivity index is 1.79. The van der Waals surface area contributed by atoms with E-state index in [1.807, 2.05) is 60.7 Å². The summed E-state index contributed by atoms with van der Waals surface area (Å²) >= 11 is 0. The molecule has 0 spiro atoms. The van der Waals surface area contributed by atoms with Gasteiger partial charge < -0.3 is 4.74 Å². The predicted octanol–water partition coefficient (Wildman–Crippen LogP) is 3.52. The molecule has 0 aliphatic carbocycles. The van der Waals surface area contributed by atoms with Gasteiger partial charge in [0.1, 0.15) is 18.4 Å². The quantitative estimate of drug-likeness (QED) is 0.576. The number of ether oxygens (including phenoxy) is 1. The standard InChI is InChI=1S/C18H13N5O/c1-3-7-14(8-4-1)18-21-16(23-13-19-12-20-23)11-17(22-18)24-15-9-5-2-6-10-15/h1-13H. The maximum Gasteiger partial charge on any atom is 0.225 e. The van der Waals surface area contributed by atoms with Crippen molar-refractivity contribution < 1.29 is 4.74 Å². The van der Waals surface area contributed by atoms with E-state index in [0.717, 1.165) is 5.56 Å². The molecule has 0 saturated carbocycles. The zero-order valence-corrected chi connectivity index (χ0v) is 12.6. The number of para-hydroxylation sites is 1. The molecule has 4 rings (SSSR count). The number of benzene rings is 2. The summed E-state index contributed by atoms with van der Waals surface area (Å²) in [5, 5.41) is 4.13. The third kappa shape index (κ3) is 2.98. The molecule has 0 bridgehead atoms. The van der Waals surface area contributed by atoms with Crippen LogP contribution in [-0.4, -0.2) is 24.7 Å². The molecular formula is C18H13N5O. The van der Waals surface area contributed by atoms with Crippen LogP contribution in [-0.2, 0) is 0 Å². The lowest BCUT2D eigenvalue weighted by molar-refractivity contribution is 0.461. The van der Waals surface area contributed by atoms with Crippen molar-refractivity contribution in [1.82, 2.24) is 24.7 Å². The molecule has 4 aromatic rings. The molecule has 2 heterocycles. The van der Waals surface area contributed by atoms with E-state index in [2.05, 4.69) is 20.1 Å². The van der Waals surface area contributed by atoms with Crippen LogP contribution in [0.15, 0.2) is 79.4 Å². The van der Waals surface area contributed by atoms with Crippen molar-refractivity contribution in [3.05, 3.63) is 79.4 Å². The van der Waals surface area contributed by atoms with Gasteiger partial charge in [0.25, 0.3) is 0 Å². The minimum atomic E-state index is 0.445. The first-order valence-electron chi connectivity index (χ1n) is 7.41. The predicted molar refractivity (Wildman–Crippen MR) is 88.9 cm³/mol. The highest BCUT2D eigenvalue weighted by Gasteiger charge is 2.10.